The largest absolute Gasteiger partial charge is 0.268 e. The summed E-state index contributed by atoms with van der Waals surface area (Å²) < 4.78 is 0. The van der Waals surface area contributed by atoms with Gasteiger partial charge in [0.15, 0.2) is 0 Å². The van der Waals surface area contributed by atoms with Crippen LogP contribution in [-0.4, -0.2) is 11.8 Å². The summed E-state index contributed by atoms with van der Waals surface area (Å²) in [6.07, 6.45) is 0. The number of fused-ring (bicyclic) bond motifs is 4. The van der Waals surface area contributed by atoms with E-state index in [-0.39, 0.29) is 17.7 Å². The molecule has 3 nitrogen and oxygen atoms in total. The Morgan fingerprint density at radius 2 is 0.900 bits per heavy atom. The Morgan fingerprint density at radius 3 is 1.52 bits per heavy atom. The molecular formula is C47H33NO2. The van der Waals surface area contributed by atoms with Crippen molar-refractivity contribution in [3.05, 3.63) is 197 Å². The summed E-state index contributed by atoms with van der Waals surface area (Å²) >= 11 is 0. The Balaban J connectivity index is 1.30. The summed E-state index contributed by atoms with van der Waals surface area (Å²) in [6.45, 7) is 4.23. The van der Waals surface area contributed by atoms with E-state index in [0.717, 1.165) is 61.2 Å². The van der Waals surface area contributed by atoms with Crippen molar-refractivity contribution in [2.45, 2.75) is 19.8 Å². The van der Waals surface area contributed by atoms with Gasteiger partial charge in [0.1, 0.15) is 0 Å². The van der Waals surface area contributed by atoms with E-state index in [9.17, 15) is 9.59 Å². The molecule has 50 heavy (non-hydrogen) atoms. The molecule has 2 aliphatic rings. The van der Waals surface area contributed by atoms with Gasteiger partial charge in [-0.05, 0) is 81.6 Å². The van der Waals surface area contributed by atoms with Gasteiger partial charge >= 0.3 is 0 Å². The van der Waals surface area contributed by atoms with Gasteiger partial charge in [-0.1, -0.05) is 157 Å². The molecule has 0 saturated carbocycles. The highest BCUT2D eigenvalue weighted by Crippen LogP contribution is 2.55. The highest BCUT2D eigenvalue weighted by atomic mass is 16.2. The fraction of sp³-hybridized carbons (Fsp3) is 0.0638. The van der Waals surface area contributed by atoms with E-state index in [1.54, 1.807) is 6.07 Å². The molecule has 0 bridgehead atoms. The molecule has 238 valence electrons. The van der Waals surface area contributed by atoms with Gasteiger partial charge < -0.3 is 0 Å². The molecule has 1 aliphatic heterocycles. The average Bonchev–Trinajstić information content (AvgIpc) is 3.62. The van der Waals surface area contributed by atoms with E-state index in [4.69, 9.17) is 0 Å². The molecule has 7 aromatic carbocycles. The van der Waals surface area contributed by atoms with Gasteiger partial charge in [-0.3, -0.25) is 9.59 Å². The number of nitrogens with zero attached hydrogens (tertiary/aromatic N) is 1. The number of carbonyl (C=O) groups excluding carboxylic acids is 2. The smallest absolute Gasteiger partial charge is 0.266 e. The molecule has 0 spiro atoms. The zero-order valence-corrected chi connectivity index (χ0v) is 27.9. The summed E-state index contributed by atoms with van der Waals surface area (Å²) in [6, 6.07) is 53.7. The minimum absolute atomic E-state index is 0.288. The van der Waals surface area contributed by atoms with Crippen LogP contribution in [0.25, 0.3) is 44.5 Å². The van der Waals surface area contributed by atoms with Gasteiger partial charge in [-0.2, -0.15) is 0 Å². The third-order valence-corrected chi connectivity index (χ3v) is 10.2. The Labute approximate surface area is 292 Å². The predicted molar refractivity (Wildman–Crippen MR) is 203 cm³/mol. The summed E-state index contributed by atoms with van der Waals surface area (Å²) in [5, 5.41) is 0. The molecule has 0 atom stereocenters. The van der Waals surface area contributed by atoms with Crippen molar-refractivity contribution in [1.82, 2.24) is 0 Å². The van der Waals surface area contributed by atoms with Crippen molar-refractivity contribution >= 4 is 17.5 Å². The lowest BCUT2D eigenvalue weighted by Crippen LogP contribution is -2.30. The second-order valence-corrected chi connectivity index (χ2v) is 13.3. The predicted octanol–water partition coefficient (Wildman–Crippen LogP) is 11.3. The van der Waals surface area contributed by atoms with Crippen molar-refractivity contribution in [3.8, 4) is 44.5 Å². The molecule has 7 aromatic rings. The quantitative estimate of drug-likeness (QED) is 0.175. The zero-order chi connectivity index (χ0) is 33.9. The number of imide groups is 1. The SMILES string of the molecule is Cc1cccc(-c2cccc3c2C(c2cccc4c2C(=O)N(c2ccccc2-c2ccccc2)C4=O)c2c(-c4cccc(C)c4)cccc2-3)c1. The molecular weight excluding hydrogens is 611 g/mol. The maximum absolute atomic E-state index is 14.9. The normalized spacial score (nSPS) is 13.4. The van der Waals surface area contributed by atoms with Gasteiger partial charge in [0.05, 0.1) is 16.8 Å². The van der Waals surface area contributed by atoms with Crippen LogP contribution in [0.4, 0.5) is 5.69 Å². The van der Waals surface area contributed by atoms with E-state index in [2.05, 4.69) is 105 Å². The molecule has 0 fully saturated rings. The lowest BCUT2D eigenvalue weighted by molar-refractivity contribution is 0.0926. The summed E-state index contributed by atoms with van der Waals surface area (Å²) in [7, 11) is 0. The molecule has 3 heteroatoms. The van der Waals surface area contributed by atoms with E-state index >= 15 is 0 Å². The molecule has 1 aliphatic carbocycles. The first-order valence-electron chi connectivity index (χ1n) is 17.1. The van der Waals surface area contributed by atoms with Crippen LogP contribution in [0.5, 0.6) is 0 Å². The first kappa shape index (κ1) is 29.8. The summed E-state index contributed by atoms with van der Waals surface area (Å²) in [5.74, 6) is -0.878. The van der Waals surface area contributed by atoms with Crippen LogP contribution >= 0.6 is 0 Å². The monoisotopic (exact) mass is 643 g/mol. The van der Waals surface area contributed by atoms with E-state index in [1.165, 1.54) is 16.0 Å². The Morgan fingerprint density at radius 1 is 0.420 bits per heavy atom. The molecule has 0 unspecified atom stereocenters. The van der Waals surface area contributed by atoms with Gasteiger partial charge in [0, 0.05) is 11.5 Å². The number of rotatable bonds is 5. The van der Waals surface area contributed by atoms with E-state index < -0.39 is 0 Å². The lowest BCUT2D eigenvalue weighted by atomic mass is 9.80. The van der Waals surface area contributed by atoms with Crippen LogP contribution in [0.2, 0.25) is 0 Å². The van der Waals surface area contributed by atoms with Gasteiger partial charge in [0.2, 0.25) is 0 Å². The Kier molecular flexibility index (Phi) is 6.96. The van der Waals surface area contributed by atoms with Crippen molar-refractivity contribution in [2.75, 3.05) is 4.90 Å². The van der Waals surface area contributed by atoms with Crippen molar-refractivity contribution in [1.29, 1.82) is 0 Å². The van der Waals surface area contributed by atoms with Crippen LogP contribution in [0.1, 0.15) is 54.5 Å². The Hall–Kier alpha value is -6.32. The second-order valence-electron chi connectivity index (χ2n) is 13.3. The minimum Gasteiger partial charge on any atom is -0.268 e. The number of amides is 2. The maximum Gasteiger partial charge on any atom is 0.266 e. The maximum atomic E-state index is 14.9. The van der Waals surface area contributed by atoms with Crippen molar-refractivity contribution < 1.29 is 9.59 Å². The Bertz CT molecular complexity index is 2420. The number of hydrogen-bond acceptors (Lipinski definition) is 2. The lowest BCUT2D eigenvalue weighted by Gasteiger charge is -2.23. The standard InChI is InChI=1S/C47H33NO2/c1-29-13-8-17-32(27-29)35-20-10-22-37-38-23-11-21-36(33-18-9-14-30(2)28-33)43(38)45(42(35)37)39-24-12-25-40-44(39)47(50)48(46(40)49)41-26-7-6-19-34(41)31-15-4-3-5-16-31/h3-28,45H,1-2H3. The number of benzene rings is 7. The average molecular weight is 644 g/mol. The molecule has 0 radical (unpaired) electrons. The highest BCUT2D eigenvalue weighted by molar-refractivity contribution is 6.36. The van der Waals surface area contributed by atoms with Crippen LogP contribution in [-0.2, 0) is 0 Å². The first-order chi connectivity index (χ1) is 24.5. The van der Waals surface area contributed by atoms with Crippen LogP contribution in [0, 0.1) is 13.8 Å². The molecule has 9 rings (SSSR count). The second kappa shape index (κ2) is 11.7. The fourth-order valence-corrected chi connectivity index (χ4v) is 8.11. The summed E-state index contributed by atoms with van der Waals surface area (Å²) in [4.78, 5) is 30.7. The zero-order valence-electron chi connectivity index (χ0n) is 27.9. The number of anilines is 1. The topological polar surface area (TPSA) is 37.4 Å². The molecule has 0 saturated heterocycles. The number of para-hydroxylation sites is 1. The third kappa shape index (κ3) is 4.58. The summed E-state index contributed by atoms with van der Waals surface area (Å²) in [5.41, 5.74) is 15.6. The molecule has 0 aromatic heterocycles. The molecule has 1 heterocycles. The third-order valence-electron chi connectivity index (χ3n) is 10.2. The molecule has 0 N–H and O–H groups in total. The highest BCUT2D eigenvalue weighted by Gasteiger charge is 2.43. The van der Waals surface area contributed by atoms with Gasteiger partial charge in [0.25, 0.3) is 11.8 Å². The fourth-order valence-electron chi connectivity index (χ4n) is 8.11. The van der Waals surface area contributed by atoms with Gasteiger partial charge in [-0.15, -0.1) is 0 Å². The first-order valence-corrected chi connectivity index (χ1v) is 17.1. The van der Waals surface area contributed by atoms with Gasteiger partial charge in [-0.25, -0.2) is 4.90 Å². The van der Waals surface area contributed by atoms with E-state index in [1.807, 2.05) is 60.7 Å². The van der Waals surface area contributed by atoms with Crippen LogP contribution in [0.15, 0.2) is 158 Å². The van der Waals surface area contributed by atoms with Crippen LogP contribution < -0.4 is 4.90 Å². The van der Waals surface area contributed by atoms with E-state index in [0.29, 0.717) is 16.8 Å². The van der Waals surface area contributed by atoms with Crippen molar-refractivity contribution in [2.24, 2.45) is 0 Å². The number of carbonyl (C=O) groups is 2. The van der Waals surface area contributed by atoms with Crippen molar-refractivity contribution in [3.63, 3.8) is 0 Å². The van der Waals surface area contributed by atoms with Crippen LogP contribution in [0.3, 0.4) is 0 Å². The minimum atomic E-state index is -0.299. The number of aryl methyl sites for hydroxylation is 2. The number of hydrogen-bond donors (Lipinski definition) is 0. The molecule has 2 amide bonds.